The Balaban J connectivity index is 4.90. The van der Waals surface area contributed by atoms with Gasteiger partial charge in [0, 0.05) is 6.04 Å². The van der Waals surface area contributed by atoms with Gasteiger partial charge < -0.3 is 42.5 Å². The molecular weight excluding hydrogens is 416 g/mol. The molecule has 0 saturated heterocycles. The molecule has 14 heteroatoms. The fourth-order valence-corrected chi connectivity index (χ4v) is 2.11. The van der Waals surface area contributed by atoms with Crippen LogP contribution in [0.4, 0.5) is 0 Å². The fraction of sp³-hybridized carbons (Fsp3) is 0.647. The van der Waals surface area contributed by atoms with Crippen molar-refractivity contribution in [1.82, 2.24) is 26.6 Å². The molecule has 5 amide bonds. The third kappa shape index (κ3) is 12.1. The number of primary amides is 1. The molecule has 31 heavy (non-hydrogen) atoms. The molecular formula is C17H30N6O8. The number of carbonyl (C=O) groups is 6. The van der Waals surface area contributed by atoms with Gasteiger partial charge in [0.15, 0.2) is 0 Å². The summed E-state index contributed by atoms with van der Waals surface area (Å²) in [6.45, 7) is 3.35. The van der Waals surface area contributed by atoms with Crippen molar-refractivity contribution in [2.45, 2.75) is 51.4 Å². The highest BCUT2D eigenvalue weighted by molar-refractivity contribution is 5.96. The lowest BCUT2D eigenvalue weighted by Crippen LogP contribution is -2.57. The van der Waals surface area contributed by atoms with Crippen molar-refractivity contribution < 1.29 is 39.0 Å². The first-order valence-corrected chi connectivity index (χ1v) is 9.39. The molecule has 9 N–H and O–H groups in total. The van der Waals surface area contributed by atoms with E-state index in [2.05, 4.69) is 21.3 Å². The zero-order valence-corrected chi connectivity index (χ0v) is 17.6. The largest absolute Gasteiger partial charge is 0.480 e. The van der Waals surface area contributed by atoms with Gasteiger partial charge in [0.25, 0.3) is 0 Å². The lowest BCUT2D eigenvalue weighted by molar-refractivity contribution is -0.138. The number of rotatable bonds is 14. The third-order valence-electron chi connectivity index (χ3n) is 3.71. The first-order chi connectivity index (χ1) is 14.4. The van der Waals surface area contributed by atoms with Crippen LogP contribution in [0.15, 0.2) is 0 Å². The Morgan fingerprint density at radius 3 is 1.94 bits per heavy atom. The highest BCUT2D eigenvalue weighted by atomic mass is 16.4. The van der Waals surface area contributed by atoms with E-state index in [9.17, 15) is 33.9 Å². The monoisotopic (exact) mass is 446 g/mol. The summed E-state index contributed by atoms with van der Waals surface area (Å²) in [5.41, 5.74) is 5.04. The standard InChI is InChI=1S/C17H30N6O8/c1-8(2)19-5-13(26)22-11(7-24)17(31)21-9(3)15(29)23-10(4-12(18)25)16(30)20-6-14(27)28/h8-11,19,24H,4-7H2,1-3H3,(H2,18,25)(H,20,30)(H,21,31)(H,22,26)(H,23,29)(H,27,28)/t9-,10-,11-/m0/s1. The van der Waals surface area contributed by atoms with Crippen LogP contribution < -0.4 is 32.3 Å². The number of hydrogen-bond donors (Lipinski definition) is 8. The first-order valence-electron chi connectivity index (χ1n) is 9.39. The van der Waals surface area contributed by atoms with Gasteiger partial charge >= 0.3 is 5.97 Å². The third-order valence-corrected chi connectivity index (χ3v) is 3.71. The quantitative estimate of drug-likeness (QED) is 0.128. The van der Waals surface area contributed by atoms with Crippen LogP contribution in [0.2, 0.25) is 0 Å². The van der Waals surface area contributed by atoms with Crippen molar-refractivity contribution in [2.24, 2.45) is 5.73 Å². The van der Waals surface area contributed by atoms with E-state index in [4.69, 9.17) is 10.8 Å². The number of aliphatic hydroxyl groups is 1. The molecule has 0 spiro atoms. The summed E-state index contributed by atoms with van der Waals surface area (Å²) in [5.74, 6) is -5.49. The molecule has 3 atom stereocenters. The second-order valence-electron chi connectivity index (χ2n) is 6.91. The predicted molar refractivity (Wildman–Crippen MR) is 106 cm³/mol. The number of amides is 5. The van der Waals surface area contributed by atoms with E-state index < -0.39 is 73.2 Å². The van der Waals surface area contributed by atoms with Crippen molar-refractivity contribution in [3.8, 4) is 0 Å². The number of carboxylic acids is 1. The Kier molecular flexibility index (Phi) is 12.4. The van der Waals surface area contributed by atoms with E-state index >= 15 is 0 Å². The number of carbonyl (C=O) groups excluding carboxylic acids is 5. The van der Waals surface area contributed by atoms with Gasteiger partial charge in [-0.05, 0) is 6.92 Å². The molecule has 0 aromatic heterocycles. The van der Waals surface area contributed by atoms with Gasteiger partial charge in [-0.25, -0.2) is 0 Å². The lowest BCUT2D eigenvalue weighted by Gasteiger charge is -2.22. The van der Waals surface area contributed by atoms with Gasteiger partial charge in [-0.3, -0.25) is 28.8 Å². The van der Waals surface area contributed by atoms with Crippen LogP contribution in [0.25, 0.3) is 0 Å². The molecule has 0 aliphatic heterocycles. The van der Waals surface area contributed by atoms with Gasteiger partial charge in [0.05, 0.1) is 19.6 Å². The van der Waals surface area contributed by atoms with Crippen LogP contribution in [0.5, 0.6) is 0 Å². The maximum Gasteiger partial charge on any atom is 0.322 e. The molecule has 0 aliphatic rings. The zero-order chi connectivity index (χ0) is 24.1. The highest BCUT2D eigenvalue weighted by Crippen LogP contribution is 1.95. The van der Waals surface area contributed by atoms with Gasteiger partial charge in [0.1, 0.15) is 24.7 Å². The summed E-state index contributed by atoms with van der Waals surface area (Å²) >= 11 is 0. The van der Waals surface area contributed by atoms with Crippen molar-refractivity contribution in [1.29, 1.82) is 0 Å². The molecule has 0 aromatic rings. The second-order valence-corrected chi connectivity index (χ2v) is 6.91. The molecule has 0 bridgehead atoms. The highest BCUT2D eigenvalue weighted by Gasteiger charge is 2.28. The number of nitrogens with one attached hydrogen (secondary N) is 5. The molecule has 0 saturated carbocycles. The summed E-state index contributed by atoms with van der Waals surface area (Å²) in [5, 5.41) is 29.5. The predicted octanol–water partition coefficient (Wildman–Crippen LogP) is -4.47. The number of hydrogen-bond acceptors (Lipinski definition) is 8. The lowest BCUT2D eigenvalue weighted by atomic mass is 10.1. The zero-order valence-electron chi connectivity index (χ0n) is 17.6. The molecule has 0 radical (unpaired) electrons. The Bertz CT molecular complexity index is 684. The number of aliphatic carboxylic acids is 1. The normalized spacial score (nSPS) is 13.5. The molecule has 0 rings (SSSR count). The van der Waals surface area contributed by atoms with Crippen molar-refractivity contribution in [3.63, 3.8) is 0 Å². The van der Waals surface area contributed by atoms with E-state index in [-0.39, 0.29) is 12.6 Å². The summed E-state index contributed by atoms with van der Waals surface area (Å²) in [7, 11) is 0. The molecule has 176 valence electrons. The van der Waals surface area contributed by atoms with E-state index in [1.165, 1.54) is 6.92 Å². The van der Waals surface area contributed by atoms with E-state index in [1.807, 2.05) is 19.2 Å². The summed E-state index contributed by atoms with van der Waals surface area (Å²) in [4.78, 5) is 70.0. The maximum atomic E-state index is 12.3. The van der Waals surface area contributed by atoms with Crippen LogP contribution in [0.3, 0.4) is 0 Å². The van der Waals surface area contributed by atoms with Gasteiger partial charge in [-0.1, -0.05) is 13.8 Å². The molecule has 0 heterocycles. The maximum absolute atomic E-state index is 12.3. The minimum Gasteiger partial charge on any atom is -0.480 e. The minimum atomic E-state index is -1.46. The molecule has 0 aliphatic carbocycles. The van der Waals surface area contributed by atoms with Gasteiger partial charge in [0.2, 0.25) is 29.5 Å². The van der Waals surface area contributed by atoms with Crippen molar-refractivity contribution in [2.75, 3.05) is 19.7 Å². The molecule has 0 unspecified atom stereocenters. The molecule has 0 aromatic carbocycles. The summed E-state index contributed by atoms with van der Waals surface area (Å²) in [6.07, 6.45) is -0.601. The first kappa shape index (κ1) is 27.7. The van der Waals surface area contributed by atoms with Crippen LogP contribution in [-0.2, 0) is 28.8 Å². The van der Waals surface area contributed by atoms with E-state index in [0.29, 0.717) is 0 Å². The smallest absolute Gasteiger partial charge is 0.322 e. The van der Waals surface area contributed by atoms with Crippen LogP contribution in [0.1, 0.15) is 27.2 Å². The molecule has 14 nitrogen and oxygen atoms in total. The minimum absolute atomic E-state index is 0.0249. The molecule has 0 fully saturated rings. The van der Waals surface area contributed by atoms with E-state index in [0.717, 1.165) is 0 Å². The van der Waals surface area contributed by atoms with E-state index in [1.54, 1.807) is 0 Å². The van der Waals surface area contributed by atoms with Crippen LogP contribution in [0, 0.1) is 0 Å². The topological polar surface area (TPSA) is 229 Å². The van der Waals surface area contributed by atoms with Crippen LogP contribution >= 0.6 is 0 Å². The Morgan fingerprint density at radius 1 is 0.839 bits per heavy atom. The number of carboxylic acid groups (broad SMARTS) is 1. The Labute approximate surface area is 178 Å². The Morgan fingerprint density at radius 2 is 1.45 bits per heavy atom. The van der Waals surface area contributed by atoms with Crippen molar-refractivity contribution in [3.05, 3.63) is 0 Å². The van der Waals surface area contributed by atoms with Gasteiger partial charge in [-0.2, -0.15) is 0 Å². The average molecular weight is 446 g/mol. The summed E-state index contributed by atoms with van der Waals surface area (Å²) in [6, 6.07) is -3.98. The fourth-order valence-electron chi connectivity index (χ4n) is 2.11. The Hall–Kier alpha value is -3.26. The van der Waals surface area contributed by atoms with Gasteiger partial charge in [-0.15, -0.1) is 0 Å². The van der Waals surface area contributed by atoms with Crippen molar-refractivity contribution >= 4 is 35.5 Å². The van der Waals surface area contributed by atoms with Crippen LogP contribution in [-0.4, -0.2) is 89.6 Å². The SMILES string of the molecule is CC(C)NCC(=O)N[C@@H](CO)C(=O)N[C@@H](C)C(=O)N[C@@H](CC(N)=O)C(=O)NCC(=O)O. The second kappa shape index (κ2) is 13.9. The number of aliphatic hydroxyl groups excluding tert-OH is 1. The number of nitrogens with two attached hydrogens (primary N) is 1. The summed E-state index contributed by atoms with van der Waals surface area (Å²) < 4.78 is 0. The average Bonchev–Trinajstić information content (AvgIpc) is 2.67.